The van der Waals surface area contributed by atoms with Crippen LogP contribution in [0.15, 0.2) is 89.9 Å². The first kappa shape index (κ1) is 27.6. The van der Waals surface area contributed by atoms with Crippen molar-refractivity contribution in [2.45, 2.75) is 63.5 Å². The number of hydrogen-bond donors (Lipinski definition) is 3. The van der Waals surface area contributed by atoms with E-state index in [0.29, 0.717) is 12.1 Å². The van der Waals surface area contributed by atoms with Crippen LogP contribution in [0.2, 0.25) is 0 Å². The van der Waals surface area contributed by atoms with Crippen LogP contribution in [0.5, 0.6) is 0 Å². The lowest BCUT2D eigenvalue weighted by Gasteiger charge is -2.43. The third kappa shape index (κ3) is 5.37. The Morgan fingerprint density at radius 3 is 2.60 bits per heavy atom. The van der Waals surface area contributed by atoms with E-state index in [1.54, 1.807) is 12.3 Å². The van der Waals surface area contributed by atoms with E-state index in [9.17, 15) is 14.7 Å². The lowest BCUT2D eigenvalue weighted by Crippen LogP contribution is -2.50. The number of benzene rings is 2. The number of H-pyrrole nitrogens is 1. The molecule has 0 aliphatic heterocycles. The molecule has 3 N–H and O–H groups in total. The Labute approximate surface area is 244 Å². The molecular formula is C34H35N5O3. The standard InChI is InChI=1S/C34H35N5O3/c1-2-3-5-11-26(40)16-17-30(41)36-34(19-8-20-34)25-14-12-24(13-15-25)31-27(23-9-6-4-7-10-23)22-28-29(35-31)18-21-39-32(28)37-38-33(39)42/h4,6-7,9-10,12-18,21-22,26,40H,2-3,5,8,11,19-20H2,1H3,(H,36,41)(H,38,42)/b17-16+. The average Bonchev–Trinajstić information content (AvgIpc) is 3.39. The van der Waals surface area contributed by atoms with Gasteiger partial charge in [0, 0.05) is 28.8 Å². The number of pyridine rings is 2. The Hall–Kier alpha value is -4.56. The molecule has 5 aromatic rings. The third-order valence-corrected chi connectivity index (χ3v) is 8.32. The van der Waals surface area contributed by atoms with Gasteiger partial charge in [0.15, 0.2) is 5.65 Å². The summed E-state index contributed by atoms with van der Waals surface area (Å²) in [6.45, 7) is 2.13. The highest BCUT2D eigenvalue weighted by molar-refractivity contribution is 5.98. The molecule has 3 heterocycles. The van der Waals surface area contributed by atoms with Crippen LogP contribution >= 0.6 is 0 Å². The second kappa shape index (κ2) is 11.7. The molecule has 0 bridgehead atoms. The molecule has 1 saturated carbocycles. The van der Waals surface area contributed by atoms with Crippen molar-refractivity contribution < 1.29 is 9.90 Å². The number of unbranched alkanes of at least 4 members (excludes halogenated alkanes) is 2. The summed E-state index contributed by atoms with van der Waals surface area (Å²) in [6.07, 6.45) is 10.7. The maximum absolute atomic E-state index is 12.8. The fourth-order valence-electron chi connectivity index (χ4n) is 5.81. The van der Waals surface area contributed by atoms with Crippen molar-refractivity contribution in [1.29, 1.82) is 0 Å². The molecule has 0 radical (unpaired) electrons. The highest BCUT2D eigenvalue weighted by atomic mass is 16.3. The smallest absolute Gasteiger partial charge is 0.347 e. The van der Waals surface area contributed by atoms with Crippen LogP contribution in [-0.2, 0) is 10.3 Å². The zero-order valence-electron chi connectivity index (χ0n) is 23.7. The summed E-state index contributed by atoms with van der Waals surface area (Å²) in [4.78, 5) is 30.0. The maximum atomic E-state index is 12.8. The Kier molecular flexibility index (Phi) is 7.71. The number of nitrogens with zero attached hydrogens (tertiary/aromatic N) is 3. The molecule has 8 heteroatoms. The molecule has 8 nitrogen and oxygen atoms in total. The van der Waals surface area contributed by atoms with E-state index in [1.165, 1.54) is 10.5 Å². The molecule has 0 spiro atoms. The van der Waals surface area contributed by atoms with Gasteiger partial charge in [0.2, 0.25) is 5.91 Å². The highest BCUT2D eigenvalue weighted by Gasteiger charge is 2.39. The molecule has 3 aromatic heterocycles. The van der Waals surface area contributed by atoms with Gasteiger partial charge in [0.05, 0.1) is 22.9 Å². The summed E-state index contributed by atoms with van der Waals surface area (Å²) in [5.74, 6) is -0.181. The van der Waals surface area contributed by atoms with Gasteiger partial charge < -0.3 is 10.4 Å². The summed E-state index contributed by atoms with van der Waals surface area (Å²) in [5.41, 5.74) is 5.37. The molecule has 1 amide bonds. The first-order valence-corrected chi connectivity index (χ1v) is 14.7. The van der Waals surface area contributed by atoms with Crippen molar-refractivity contribution in [2.75, 3.05) is 0 Å². The molecule has 1 atom stereocenters. The molecular weight excluding hydrogens is 526 g/mol. The van der Waals surface area contributed by atoms with Crippen molar-refractivity contribution >= 4 is 22.5 Å². The van der Waals surface area contributed by atoms with Crippen LogP contribution < -0.4 is 11.0 Å². The van der Waals surface area contributed by atoms with Gasteiger partial charge in [-0.25, -0.2) is 19.3 Å². The van der Waals surface area contributed by atoms with Gasteiger partial charge in [-0.05, 0) is 48.9 Å². The molecule has 2 aromatic carbocycles. The summed E-state index contributed by atoms with van der Waals surface area (Å²) in [7, 11) is 0. The van der Waals surface area contributed by atoms with Gasteiger partial charge in [-0.3, -0.25) is 4.79 Å². The van der Waals surface area contributed by atoms with Crippen molar-refractivity contribution in [3.05, 3.63) is 101 Å². The summed E-state index contributed by atoms with van der Waals surface area (Å²) < 4.78 is 1.49. The normalized spacial score (nSPS) is 15.2. The van der Waals surface area contributed by atoms with Crippen LogP contribution in [-0.4, -0.2) is 36.7 Å². The Balaban J connectivity index is 1.31. The number of nitrogens with one attached hydrogen (secondary N) is 2. The number of aliphatic hydroxyl groups excluding tert-OH is 1. The molecule has 0 saturated heterocycles. The van der Waals surface area contributed by atoms with Crippen LogP contribution in [0.1, 0.15) is 57.4 Å². The fourth-order valence-corrected chi connectivity index (χ4v) is 5.81. The van der Waals surface area contributed by atoms with Crippen molar-refractivity contribution in [1.82, 2.24) is 24.9 Å². The largest absolute Gasteiger partial charge is 0.389 e. The van der Waals surface area contributed by atoms with E-state index in [-0.39, 0.29) is 11.6 Å². The molecule has 214 valence electrons. The number of aromatic nitrogens is 4. The number of carbonyl (C=O) groups excluding carboxylic acids is 1. The van der Waals surface area contributed by atoms with E-state index in [2.05, 4.69) is 46.7 Å². The maximum Gasteiger partial charge on any atom is 0.347 e. The van der Waals surface area contributed by atoms with Crippen molar-refractivity contribution in [3.8, 4) is 22.4 Å². The second-order valence-electron chi connectivity index (χ2n) is 11.1. The Morgan fingerprint density at radius 1 is 1.10 bits per heavy atom. The quantitative estimate of drug-likeness (QED) is 0.145. The SMILES string of the molecule is CCCCCC(O)/C=C/C(=O)NC1(c2ccc(-c3nc4ccn5c(=O)[nH]nc5c4cc3-c3ccccc3)cc2)CCC1. The van der Waals surface area contributed by atoms with E-state index in [4.69, 9.17) is 4.98 Å². The minimum atomic E-state index is -0.600. The third-order valence-electron chi connectivity index (χ3n) is 8.32. The Bertz CT molecular complexity index is 1800. The van der Waals surface area contributed by atoms with Gasteiger partial charge in [-0.2, -0.15) is 5.10 Å². The van der Waals surface area contributed by atoms with E-state index >= 15 is 0 Å². The predicted octanol–water partition coefficient (Wildman–Crippen LogP) is 5.90. The van der Waals surface area contributed by atoms with E-state index in [1.807, 2.05) is 42.5 Å². The van der Waals surface area contributed by atoms with Crippen LogP contribution in [0.25, 0.3) is 38.9 Å². The number of fused-ring (bicyclic) bond motifs is 3. The zero-order valence-corrected chi connectivity index (χ0v) is 23.7. The van der Waals surface area contributed by atoms with Crippen molar-refractivity contribution in [3.63, 3.8) is 0 Å². The first-order chi connectivity index (χ1) is 20.5. The minimum absolute atomic E-state index is 0.181. The number of aliphatic hydroxyl groups is 1. The summed E-state index contributed by atoms with van der Waals surface area (Å²) in [6, 6.07) is 22.2. The van der Waals surface area contributed by atoms with Gasteiger partial charge in [-0.1, -0.05) is 86.9 Å². The van der Waals surface area contributed by atoms with Gasteiger partial charge in [0.1, 0.15) is 0 Å². The topological polar surface area (TPSA) is 112 Å². The van der Waals surface area contributed by atoms with E-state index in [0.717, 1.165) is 77.4 Å². The minimum Gasteiger partial charge on any atom is -0.389 e. The van der Waals surface area contributed by atoms with Crippen LogP contribution in [0.4, 0.5) is 0 Å². The molecule has 6 rings (SSSR count). The molecule has 1 aliphatic carbocycles. The van der Waals surface area contributed by atoms with Crippen LogP contribution in [0.3, 0.4) is 0 Å². The number of rotatable bonds is 10. The first-order valence-electron chi connectivity index (χ1n) is 14.7. The monoisotopic (exact) mass is 561 g/mol. The summed E-state index contributed by atoms with van der Waals surface area (Å²) >= 11 is 0. The lowest BCUT2D eigenvalue weighted by atomic mass is 9.71. The number of aromatic amines is 1. The molecule has 1 aliphatic rings. The predicted molar refractivity (Wildman–Crippen MR) is 165 cm³/mol. The van der Waals surface area contributed by atoms with Gasteiger partial charge >= 0.3 is 5.69 Å². The molecule has 1 fully saturated rings. The molecule has 42 heavy (non-hydrogen) atoms. The average molecular weight is 562 g/mol. The van der Waals surface area contributed by atoms with Gasteiger partial charge in [-0.15, -0.1) is 0 Å². The summed E-state index contributed by atoms with van der Waals surface area (Å²) in [5, 5.41) is 20.9. The number of carbonyl (C=O) groups is 1. The fraction of sp³-hybridized carbons (Fsp3) is 0.294. The van der Waals surface area contributed by atoms with Crippen molar-refractivity contribution in [2.24, 2.45) is 0 Å². The lowest BCUT2D eigenvalue weighted by molar-refractivity contribution is -0.119. The van der Waals surface area contributed by atoms with Gasteiger partial charge in [0.25, 0.3) is 0 Å². The zero-order chi connectivity index (χ0) is 29.1. The Morgan fingerprint density at radius 2 is 1.88 bits per heavy atom. The van der Waals surface area contributed by atoms with E-state index < -0.39 is 11.6 Å². The molecule has 1 unspecified atom stereocenters. The number of amides is 1. The number of hydrogen-bond acceptors (Lipinski definition) is 5. The highest BCUT2D eigenvalue weighted by Crippen LogP contribution is 2.42. The van der Waals surface area contributed by atoms with Crippen LogP contribution in [0, 0.1) is 0 Å². The second-order valence-corrected chi connectivity index (χ2v) is 11.1.